The van der Waals surface area contributed by atoms with E-state index in [1.807, 2.05) is 0 Å². The summed E-state index contributed by atoms with van der Waals surface area (Å²) in [6.45, 7) is 1.37. The highest BCUT2D eigenvalue weighted by Gasteiger charge is 2.04. The van der Waals surface area contributed by atoms with Crippen LogP contribution in [0.1, 0.15) is 5.56 Å². The number of halogens is 1. The number of nitro groups is 1. The quantitative estimate of drug-likeness (QED) is 0.484. The van der Waals surface area contributed by atoms with E-state index in [1.54, 1.807) is 30.3 Å². The van der Waals surface area contributed by atoms with E-state index in [0.29, 0.717) is 31.0 Å². The number of nitro benzene ring substituents is 1. The molecule has 0 heterocycles. The van der Waals surface area contributed by atoms with Crippen molar-refractivity contribution in [2.24, 2.45) is 0 Å². The molecule has 6 heteroatoms. The van der Waals surface area contributed by atoms with Gasteiger partial charge in [0.2, 0.25) is 0 Å². The van der Waals surface area contributed by atoms with Gasteiger partial charge in [0.15, 0.2) is 0 Å². The van der Waals surface area contributed by atoms with Crippen LogP contribution in [-0.4, -0.2) is 18.1 Å². The molecule has 0 amide bonds. The number of nitrogens with zero attached hydrogens (tertiary/aromatic N) is 1. The highest BCUT2D eigenvalue weighted by Crippen LogP contribution is 2.16. The fourth-order valence-electron chi connectivity index (χ4n) is 1.77. The fourth-order valence-corrected chi connectivity index (χ4v) is 1.77. The second kappa shape index (κ2) is 7.35. The topological polar surface area (TPSA) is 64.4 Å². The summed E-state index contributed by atoms with van der Waals surface area (Å²) in [6.07, 6.45) is 0. The van der Waals surface area contributed by atoms with Crippen LogP contribution in [0.5, 0.6) is 5.75 Å². The molecule has 0 fully saturated rings. The number of non-ortho nitro benzene ring substituents is 1. The standard InChI is InChI=1S/C15H15FN2O3/c16-15-4-2-1-3-12(15)11-17-9-10-21-14-7-5-13(6-8-14)18(19)20/h1-8,17H,9-11H2. The van der Waals surface area contributed by atoms with Crippen molar-refractivity contribution in [3.05, 3.63) is 70.0 Å². The minimum Gasteiger partial charge on any atom is -0.492 e. The molecule has 0 spiro atoms. The smallest absolute Gasteiger partial charge is 0.269 e. The van der Waals surface area contributed by atoms with Gasteiger partial charge in [0, 0.05) is 30.8 Å². The lowest BCUT2D eigenvalue weighted by Crippen LogP contribution is -2.21. The molecule has 0 saturated heterocycles. The van der Waals surface area contributed by atoms with Crippen LogP contribution in [0.3, 0.4) is 0 Å². The van der Waals surface area contributed by atoms with E-state index in [1.165, 1.54) is 18.2 Å². The zero-order valence-corrected chi connectivity index (χ0v) is 11.3. The van der Waals surface area contributed by atoms with Gasteiger partial charge in [-0.3, -0.25) is 10.1 Å². The maximum atomic E-state index is 13.3. The monoisotopic (exact) mass is 290 g/mol. The van der Waals surface area contributed by atoms with Crippen LogP contribution in [0, 0.1) is 15.9 Å². The van der Waals surface area contributed by atoms with Gasteiger partial charge in [-0.2, -0.15) is 0 Å². The van der Waals surface area contributed by atoms with Crippen molar-refractivity contribution >= 4 is 5.69 Å². The molecule has 21 heavy (non-hydrogen) atoms. The van der Waals surface area contributed by atoms with Crippen LogP contribution < -0.4 is 10.1 Å². The molecule has 2 aromatic carbocycles. The van der Waals surface area contributed by atoms with Crippen LogP contribution in [0.2, 0.25) is 0 Å². The summed E-state index contributed by atoms with van der Waals surface area (Å²) in [4.78, 5) is 10.0. The fraction of sp³-hybridized carbons (Fsp3) is 0.200. The van der Waals surface area contributed by atoms with Gasteiger partial charge in [-0.05, 0) is 18.2 Å². The predicted molar refractivity (Wildman–Crippen MR) is 76.7 cm³/mol. The van der Waals surface area contributed by atoms with Crippen LogP contribution in [-0.2, 0) is 6.54 Å². The Morgan fingerprint density at radius 3 is 2.52 bits per heavy atom. The molecule has 2 aromatic rings. The largest absolute Gasteiger partial charge is 0.492 e. The van der Waals surface area contributed by atoms with E-state index in [2.05, 4.69) is 5.32 Å². The molecule has 0 saturated carbocycles. The Labute approximate surface area is 121 Å². The zero-order chi connectivity index (χ0) is 15.1. The maximum Gasteiger partial charge on any atom is 0.269 e. The van der Waals surface area contributed by atoms with E-state index < -0.39 is 4.92 Å². The van der Waals surface area contributed by atoms with E-state index >= 15 is 0 Å². The minimum absolute atomic E-state index is 0.0278. The highest BCUT2D eigenvalue weighted by molar-refractivity contribution is 5.35. The Morgan fingerprint density at radius 1 is 1.14 bits per heavy atom. The minimum atomic E-state index is -0.459. The van der Waals surface area contributed by atoms with E-state index in [0.717, 1.165) is 0 Å². The average Bonchev–Trinajstić information content (AvgIpc) is 2.49. The molecule has 2 rings (SSSR count). The third-order valence-corrected chi connectivity index (χ3v) is 2.87. The van der Waals surface area contributed by atoms with Crippen molar-refractivity contribution in [3.63, 3.8) is 0 Å². The first-order valence-electron chi connectivity index (χ1n) is 6.48. The van der Waals surface area contributed by atoms with Gasteiger partial charge >= 0.3 is 0 Å². The number of ether oxygens (including phenoxy) is 1. The summed E-state index contributed by atoms with van der Waals surface area (Å²) in [5.74, 6) is 0.328. The SMILES string of the molecule is O=[N+]([O-])c1ccc(OCCNCc2ccccc2F)cc1. The zero-order valence-electron chi connectivity index (χ0n) is 11.3. The van der Waals surface area contributed by atoms with Crippen LogP contribution in [0.25, 0.3) is 0 Å². The van der Waals surface area contributed by atoms with Crippen molar-refractivity contribution in [2.75, 3.05) is 13.2 Å². The van der Waals surface area contributed by atoms with Gasteiger partial charge in [-0.25, -0.2) is 4.39 Å². The van der Waals surface area contributed by atoms with Gasteiger partial charge in [0.1, 0.15) is 18.2 Å². The van der Waals surface area contributed by atoms with E-state index in [9.17, 15) is 14.5 Å². The molecule has 0 aromatic heterocycles. The number of rotatable bonds is 7. The third kappa shape index (κ3) is 4.54. The molecule has 5 nitrogen and oxygen atoms in total. The Kier molecular flexibility index (Phi) is 5.22. The first-order chi connectivity index (χ1) is 10.2. The molecule has 0 bridgehead atoms. The van der Waals surface area contributed by atoms with Gasteiger partial charge in [-0.1, -0.05) is 18.2 Å². The Hall–Kier alpha value is -2.47. The van der Waals surface area contributed by atoms with Crippen LogP contribution in [0.15, 0.2) is 48.5 Å². The molecule has 110 valence electrons. The Bertz CT molecular complexity index is 602. The lowest BCUT2D eigenvalue weighted by atomic mass is 10.2. The van der Waals surface area contributed by atoms with E-state index in [-0.39, 0.29) is 11.5 Å². The van der Waals surface area contributed by atoms with Gasteiger partial charge in [0.25, 0.3) is 5.69 Å². The molecular formula is C15H15FN2O3. The average molecular weight is 290 g/mol. The second-order valence-corrected chi connectivity index (χ2v) is 4.37. The van der Waals surface area contributed by atoms with Crippen molar-refractivity contribution in [2.45, 2.75) is 6.54 Å². The summed E-state index contributed by atoms with van der Waals surface area (Å²) in [7, 11) is 0. The number of hydrogen-bond donors (Lipinski definition) is 1. The summed E-state index contributed by atoms with van der Waals surface area (Å²) < 4.78 is 18.8. The van der Waals surface area contributed by atoms with Gasteiger partial charge < -0.3 is 10.1 Å². The van der Waals surface area contributed by atoms with Gasteiger partial charge in [-0.15, -0.1) is 0 Å². The normalized spacial score (nSPS) is 10.3. The third-order valence-electron chi connectivity index (χ3n) is 2.87. The molecule has 0 aliphatic rings. The van der Waals surface area contributed by atoms with Crippen molar-refractivity contribution in [3.8, 4) is 5.75 Å². The molecule has 1 N–H and O–H groups in total. The first kappa shape index (κ1) is 14.9. The number of nitrogens with one attached hydrogen (secondary N) is 1. The number of hydrogen-bond acceptors (Lipinski definition) is 4. The molecule has 0 atom stereocenters. The van der Waals surface area contributed by atoms with Crippen LogP contribution >= 0.6 is 0 Å². The van der Waals surface area contributed by atoms with Crippen molar-refractivity contribution in [1.82, 2.24) is 5.32 Å². The molecular weight excluding hydrogens is 275 g/mol. The molecule has 0 radical (unpaired) electrons. The second-order valence-electron chi connectivity index (χ2n) is 4.37. The summed E-state index contributed by atoms with van der Waals surface area (Å²) in [6, 6.07) is 12.5. The first-order valence-corrected chi connectivity index (χ1v) is 6.48. The molecule has 0 unspecified atom stereocenters. The number of benzene rings is 2. The summed E-state index contributed by atoms with van der Waals surface area (Å²) in [5.41, 5.74) is 0.632. The Balaban J connectivity index is 1.70. The van der Waals surface area contributed by atoms with E-state index in [4.69, 9.17) is 4.74 Å². The lowest BCUT2D eigenvalue weighted by molar-refractivity contribution is -0.384. The highest BCUT2D eigenvalue weighted by atomic mass is 19.1. The summed E-state index contributed by atoms with van der Waals surface area (Å²) in [5, 5.41) is 13.6. The predicted octanol–water partition coefficient (Wildman–Crippen LogP) is 2.90. The molecule has 0 aliphatic heterocycles. The Morgan fingerprint density at radius 2 is 1.86 bits per heavy atom. The van der Waals surface area contributed by atoms with Crippen LogP contribution in [0.4, 0.5) is 10.1 Å². The summed E-state index contributed by atoms with van der Waals surface area (Å²) >= 11 is 0. The van der Waals surface area contributed by atoms with Crippen molar-refractivity contribution < 1.29 is 14.1 Å². The maximum absolute atomic E-state index is 13.3. The lowest BCUT2D eigenvalue weighted by Gasteiger charge is -2.08. The molecule has 0 aliphatic carbocycles. The van der Waals surface area contributed by atoms with Crippen molar-refractivity contribution in [1.29, 1.82) is 0 Å². The van der Waals surface area contributed by atoms with Gasteiger partial charge in [0.05, 0.1) is 4.92 Å².